The smallest absolute Gasteiger partial charge is 0.338 e. The third-order valence-corrected chi connectivity index (χ3v) is 7.51. The van der Waals surface area contributed by atoms with Crippen LogP contribution in [0, 0.1) is 18.8 Å². The number of aliphatic imine (C=N–C) groups is 2. The molecular weight excluding hydrogens is 544 g/mol. The maximum atomic E-state index is 12.2. The molecular formula is C29H36N6O7. The Morgan fingerprint density at radius 2 is 1.26 bits per heavy atom. The van der Waals surface area contributed by atoms with E-state index in [1.807, 2.05) is 27.7 Å². The number of carbonyl (C=O) groups excluding carboxylic acids is 2. The average Bonchev–Trinajstić information content (AvgIpc) is 3.40. The number of carboxylic acids is 2. The molecule has 13 heteroatoms. The van der Waals surface area contributed by atoms with Crippen LogP contribution in [0.25, 0.3) is 0 Å². The molecule has 0 bridgehead atoms. The number of aryl methyl sites for hydroxylation is 1. The van der Waals surface area contributed by atoms with Crippen molar-refractivity contribution in [2.45, 2.75) is 66.2 Å². The fourth-order valence-electron chi connectivity index (χ4n) is 4.12. The number of amides is 2. The van der Waals surface area contributed by atoms with Gasteiger partial charge in [-0.3, -0.25) is 19.6 Å². The fraction of sp³-hybridized carbons (Fsp3) is 0.448. The summed E-state index contributed by atoms with van der Waals surface area (Å²) in [5.74, 6) is -2.31. The third-order valence-electron chi connectivity index (χ3n) is 7.51. The number of ether oxygens (including phenoxy) is 1. The molecule has 224 valence electrons. The molecule has 0 spiro atoms. The Kier molecular flexibility index (Phi) is 9.26. The van der Waals surface area contributed by atoms with Gasteiger partial charge in [0.15, 0.2) is 11.7 Å². The summed E-state index contributed by atoms with van der Waals surface area (Å²) in [5, 5.41) is 23.9. The number of carboxylic acid groups (broad SMARTS) is 2. The highest BCUT2D eigenvalue weighted by atomic mass is 16.5. The zero-order valence-corrected chi connectivity index (χ0v) is 24.9. The third kappa shape index (κ3) is 6.20. The molecule has 13 nitrogen and oxygen atoms in total. The molecule has 0 aliphatic carbocycles. The number of nitrogens with one attached hydrogen (secondary N) is 2. The summed E-state index contributed by atoms with van der Waals surface area (Å²) < 4.78 is 4.98. The summed E-state index contributed by atoms with van der Waals surface area (Å²) in [4.78, 5) is 64.0. The predicted molar refractivity (Wildman–Crippen MR) is 154 cm³/mol. The zero-order chi connectivity index (χ0) is 31.6. The molecule has 0 fully saturated rings. The molecule has 2 amide bonds. The van der Waals surface area contributed by atoms with E-state index in [1.54, 1.807) is 27.0 Å². The number of amidine groups is 2. The van der Waals surface area contributed by atoms with Crippen LogP contribution < -0.4 is 10.6 Å². The summed E-state index contributed by atoms with van der Waals surface area (Å²) in [5.41, 5.74) is -0.0530. The van der Waals surface area contributed by atoms with Gasteiger partial charge in [-0.15, -0.1) is 0 Å². The van der Waals surface area contributed by atoms with Crippen LogP contribution in [-0.4, -0.2) is 73.8 Å². The van der Waals surface area contributed by atoms with Crippen LogP contribution in [0.2, 0.25) is 0 Å². The first-order valence-corrected chi connectivity index (χ1v) is 13.3. The van der Waals surface area contributed by atoms with Crippen molar-refractivity contribution in [3.05, 3.63) is 58.2 Å². The van der Waals surface area contributed by atoms with E-state index in [9.17, 15) is 29.4 Å². The lowest BCUT2D eigenvalue weighted by Gasteiger charge is -2.21. The van der Waals surface area contributed by atoms with Gasteiger partial charge in [-0.2, -0.15) is 0 Å². The van der Waals surface area contributed by atoms with Gasteiger partial charge in [0, 0.05) is 19.5 Å². The van der Waals surface area contributed by atoms with Crippen molar-refractivity contribution in [2.24, 2.45) is 21.8 Å². The van der Waals surface area contributed by atoms with Crippen molar-refractivity contribution in [2.75, 3.05) is 7.11 Å². The lowest BCUT2D eigenvalue weighted by atomic mass is 9.89. The van der Waals surface area contributed by atoms with E-state index in [-0.39, 0.29) is 64.4 Å². The van der Waals surface area contributed by atoms with Gasteiger partial charge in [0.05, 0.1) is 17.7 Å². The van der Waals surface area contributed by atoms with E-state index in [2.05, 4.69) is 30.6 Å². The van der Waals surface area contributed by atoms with Gasteiger partial charge in [-0.05, 0) is 55.9 Å². The minimum absolute atomic E-state index is 0.00118. The van der Waals surface area contributed by atoms with Crippen LogP contribution in [0.5, 0.6) is 0 Å². The van der Waals surface area contributed by atoms with Crippen molar-refractivity contribution < 1.29 is 34.1 Å². The Balaban J connectivity index is 0.000000231. The maximum absolute atomic E-state index is 12.2. The second-order valence-electron chi connectivity index (χ2n) is 11.1. The molecule has 4 rings (SSSR count). The van der Waals surface area contributed by atoms with Gasteiger partial charge < -0.3 is 25.6 Å². The maximum Gasteiger partial charge on any atom is 0.338 e. The summed E-state index contributed by atoms with van der Waals surface area (Å²) in [6.07, 6.45) is 3.08. The number of rotatable bonds is 8. The standard InChI is InChI=1S/C15H19N3O4.C14H17N3O3/c1-8(2)15(3)14(21)17-12(18-15)11-10(13(19)20)5-9(6-16-11)7-22-4;1-7(2)14(4)13(20)16-11(17-14)10-9(12(18)19)5-8(3)6-15-10/h5-6,8H,7H2,1-4H3,(H,19,20)(H,17,18,21);5-7H,1-4H3,(H,18,19)(H,16,17,20). The Labute approximate surface area is 243 Å². The van der Waals surface area contributed by atoms with Gasteiger partial charge in [-0.25, -0.2) is 19.6 Å². The van der Waals surface area contributed by atoms with Gasteiger partial charge in [0.2, 0.25) is 0 Å². The Bertz CT molecular complexity index is 1500. The van der Waals surface area contributed by atoms with Crippen molar-refractivity contribution in [3.63, 3.8) is 0 Å². The van der Waals surface area contributed by atoms with Gasteiger partial charge >= 0.3 is 11.9 Å². The second kappa shape index (κ2) is 12.1. The quantitative estimate of drug-likeness (QED) is 0.363. The molecule has 0 aromatic carbocycles. The molecule has 2 unspecified atom stereocenters. The number of aromatic carboxylic acids is 2. The molecule has 2 atom stereocenters. The molecule has 0 saturated heterocycles. The highest BCUT2D eigenvalue weighted by molar-refractivity contribution is 6.18. The van der Waals surface area contributed by atoms with Crippen LogP contribution in [0.1, 0.15) is 84.8 Å². The van der Waals surface area contributed by atoms with E-state index >= 15 is 0 Å². The molecule has 4 N–H and O–H groups in total. The largest absolute Gasteiger partial charge is 0.478 e. The van der Waals surface area contributed by atoms with E-state index in [0.29, 0.717) is 5.56 Å². The predicted octanol–water partition coefficient (Wildman–Crippen LogP) is 2.60. The fourth-order valence-corrected chi connectivity index (χ4v) is 4.12. The molecule has 2 aromatic rings. The zero-order valence-electron chi connectivity index (χ0n) is 24.9. The van der Waals surface area contributed by atoms with E-state index < -0.39 is 23.0 Å². The van der Waals surface area contributed by atoms with Gasteiger partial charge in [-0.1, -0.05) is 27.7 Å². The monoisotopic (exact) mass is 580 g/mol. The van der Waals surface area contributed by atoms with Crippen LogP contribution in [0.3, 0.4) is 0 Å². The summed E-state index contributed by atoms with van der Waals surface area (Å²) in [6.45, 7) is 13.0. The Hall–Kier alpha value is -4.52. The number of hydrogen-bond donors (Lipinski definition) is 4. The molecule has 2 aliphatic heterocycles. The van der Waals surface area contributed by atoms with Crippen LogP contribution in [0.4, 0.5) is 0 Å². The molecule has 4 heterocycles. The number of hydrogen-bond acceptors (Lipinski definition) is 9. The van der Waals surface area contributed by atoms with E-state index in [4.69, 9.17) is 4.74 Å². The number of pyridine rings is 2. The number of aromatic nitrogens is 2. The van der Waals surface area contributed by atoms with Crippen LogP contribution >= 0.6 is 0 Å². The van der Waals surface area contributed by atoms with Crippen LogP contribution in [-0.2, 0) is 20.9 Å². The normalized spacial score (nSPS) is 21.4. The topological polar surface area (TPSA) is 193 Å². The van der Waals surface area contributed by atoms with Crippen molar-refractivity contribution in [3.8, 4) is 0 Å². The van der Waals surface area contributed by atoms with Gasteiger partial charge in [0.25, 0.3) is 11.8 Å². The minimum Gasteiger partial charge on any atom is -0.478 e. The highest BCUT2D eigenvalue weighted by Gasteiger charge is 2.44. The Morgan fingerprint density at radius 3 is 1.64 bits per heavy atom. The summed E-state index contributed by atoms with van der Waals surface area (Å²) in [6, 6.07) is 3.00. The first-order valence-electron chi connectivity index (χ1n) is 13.3. The number of carbonyl (C=O) groups is 4. The number of methoxy groups -OCH3 is 1. The van der Waals surface area contributed by atoms with Gasteiger partial charge in [0.1, 0.15) is 22.5 Å². The SMILES string of the molecule is COCc1cnc(C2=NC(C)(C(C)C)C(=O)N2)c(C(=O)O)c1.Cc1cnc(C2=NC(C)(C(C)C)C(=O)N2)c(C(=O)O)c1. The van der Waals surface area contributed by atoms with E-state index in [1.165, 1.54) is 25.4 Å². The second-order valence-corrected chi connectivity index (χ2v) is 11.1. The van der Waals surface area contributed by atoms with Crippen molar-refractivity contribution >= 4 is 35.4 Å². The molecule has 0 saturated carbocycles. The first-order chi connectivity index (χ1) is 19.5. The van der Waals surface area contributed by atoms with Crippen molar-refractivity contribution in [1.82, 2.24) is 20.6 Å². The van der Waals surface area contributed by atoms with Crippen LogP contribution in [0.15, 0.2) is 34.5 Å². The lowest BCUT2D eigenvalue weighted by molar-refractivity contribution is -0.125. The summed E-state index contributed by atoms with van der Waals surface area (Å²) in [7, 11) is 1.52. The first kappa shape index (κ1) is 32.0. The minimum atomic E-state index is -1.13. The highest BCUT2D eigenvalue weighted by Crippen LogP contribution is 2.28. The molecule has 0 radical (unpaired) electrons. The molecule has 2 aliphatic rings. The van der Waals surface area contributed by atoms with Crippen molar-refractivity contribution in [1.29, 1.82) is 0 Å². The Morgan fingerprint density at radius 1 is 0.833 bits per heavy atom. The van der Waals surface area contributed by atoms with E-state index in [0.717, 1.165) is 5.56 Å². The lowest BCUT2D eigenvalue weighted by Crippen LogP contribution is -2.41. The average molecular weight is 581 g/mol. The molecule has 2 aromatic heterocycles. The molecule has 42 heavy (non-hydrogen) atoms. The number of nitrogens with zero attached hydrogens (tertiary/aromatic N) is 4. The summed E-state index contributed by atoms with van der Waals surface area (Å²) >= 11 is 0.